The highest BCUT2D eigenvalue weighted by Crippen LogP contribution is 2.32. The van der Waals surface area contributed by atoms with E-state index < -0.39 is 5.54 Å². The smallest absolute Gasteiger partial charge is 0.243 e. The monoisotopic (exact) mass is 292 g/mol. The lowest BCUT2D eigenvalue weighted by atomic mass is 9.76. The Hall–Kier alpha value is -1.29. The molecule has 1 amide bonds. The van der Waals surface area contributed by atoms with Crippen LogP contribution in [0.1, 0.15) is 58.0 Å². The van der Waals surface area contributed by atoms with Crippen LogP contribution in [-0.2, 0) is 11.3 Å². The van der Waals surface area contributed by atoms with Gasteiger partial charge in [0.25, 0.3) is 0 Å². The zero-order valence-electron chi connectivity index (χ0n) is 13.7. The van der Waals surface area contributed by atoms with Gasteiger partial charge in [0.15, 0.2) is 0 Å². The van der Waals surface area contributed by atoms with E-state index in [9.17, 15) is 4.79 Å². The zero-order chi connectivity index (χ0) is 15.6. The molecule has 0 radical (unpaired) electrons. The summed E-state index contributed by atoms with van der Waals surface area (Å²) in [6, 6.07) is 3.98. The van der Waals surface area contributed by atoms with Crippen LogP contribution >= 0.6 is 0 Å². The molecule has 1 saturated carbocycles. The van der Waals surface area contributed by atoms with Gasteiger partial charge in [-0.1, -0.05) is 19.8 Å². The van der Waals surface area contributed by atoms with Crippen molar-refractivity contribution >= 4 is 5.91 Å². The van der Waals surface area contributed by atoms with E-state index in [4.69, 9.17) is 10.2 Å². The lowest BCUT2D eigenvalue weighted by molar-refractivity contribution is -0.141. The molecule has 4 heteroatoms. The molecule has 1 aromatic rings. The Kier molecular flexibility index (Phi) is 4.77. The first-order valence-corrected chi connectivity index (χ1v) is 7.97. The van der Waals surface area contributed by atoms with Gasteiger partial charge in [0.05, 0.1) is 12.1 Å². The first kappa shape index (κ1) is 16.1. The first-order chi connectivity index (χ1) is 9.82. The van der Waals surface area contributed by atoms with E-state index in [1.54, 1.807) is 0 Å². The second-order valence-corrected chi connectivity index (χ2v) is 6.90. The number of aryl methyl sites for hydroxylation is 1. The maximum atomic E-state index is 13.0. The van der Waals surface area contributed by atoms with Crippen molar-refractivity contribution in [1.29, 1.82) is 0 Å². The number of nitrogens with two attached hydrogens (primary N) is 1. The van der Waals surface area contributed by atoms with Gasteiger partial charge in [0.2, 0.25) is 5.91 Å². The molecule has 0 spiro atoms. The molecular weight excluding hydrogens is 264 g/mol. The number of furan rings is 1. The molecule has 1 aliphatic rings. The van der Waals surface area contributed by atoms with Gasteiger partial charge in [-0.05, 0) is 51.7 Å². The van der Waals surface area contributed by atoms with Crippen molar-refractivity contribution in [1.82, 2.24) is 4.90 Å². The van der Waals surface area contributed by atoms with Gasteiger partial charge < -0.3 is 15.1 Å². The molecule has 1 fully saturated rings. The number of rotatable bonds is 4. The van der Waals surface area contributed by atoms with Crippen molar-refractivity contribution in [2.75, 3.05) is 0 Å². The van der Waals surface area contributed by atoms with Crippen molar-refractivity contribution in [3.63, 3.8) is 0 Å². The van der Waals surface area contributed by atoms with Crippen LogP contribution in [0, 0.1) is 12.8 Å². The Bertz CT molecular complexity index is 495. The quantitative estimate of drug-likeness (QED) is 0.927. The second-order valence-electron chi connectivity index (χ2n) is 6.90. The molecule has 0 aromatic carbocycles. The van der Waals surface area contributed by atoms with Gasteiger partial charge in [-0.25, -0.2) is 0 Å². The molecule has 2 unspecified atom stereocenters. The molecule has 2 atom stereocenters. The van der Waals surface area contributed by atoms with Gasteiger partial charge in [-0.3, -0.25) is 4.79 Å². The molecule has 0 aliphatic heterocycles. The Labute approximate surface area is 127 Å². The van der Waals surface area contributed by atoms with E-state index in [2.05, 4.69) is 6.92 Å². The summed E-state index contributed by atoms with van der Waals surface area (Å²) in [6.45, 7) is 8.66. The summed E-state index contributed by atoms with van der Waals surface area (Å²) < 4.78 is 5.62. The SMILES string of the molecule is Cc1ccc(CN(C(=O)C2(N)CCCC(C)C2)C(C)C)o1. The number of hydrogen-bond donors (Lipinski definition) is 1. The summed E-state index contributed by atoms with van der Waals surface area (Å²) in [7, 11) is 0. The minimum Gasteiger partial charge on any atom is -0.464 e. The van der Waals surface area contributed by atoms with Crippen LogP contribution < -0.4 is 5.73 Å². The highest BCUT2D eigenvalue weighted by molar-refractivity contribution is 5.86. The maximum absolute atomic E-state index is 13.0. The fraction of sp³-hybridized carbons (Fsp3) is 0.706. The third-order valence-corrected chi connectivity index (χ3v) is 4.46. The molecule has 1 aromatic heterocycles. The predicted octanol–water partition coefficient (Wildman–Crippen LogP) is 3.23. The second kappa shape index (κ2) is 6.22. The van der Waals surface area contributed by atoms with Crippen LogP contribution in [0.5, 0.6) is 0 Å². The normalized spacial score (nSPS) is 26.1. The molecular formula is C17H28N2O2. The van der Waals surface area contributed by atoms with Crippen molar-refractivity contribution in [2.24, 2.45) is 11.7 Å². The van der Waals surface area contributed by atoms with Crippen LogP contribution in [0.3, 0.4) is 0 Å². The van der Waals surface area contributed by atoms with E-state index in [1.165, 1.54) is 6.42 Å². The number of carbonyl (C=O) groups excluding carboxylic acids is 1. The highest BCUT2D eigenvalue weighted by atomic mass is 16.3. The van der Waals surface area contributed by atoms with Gasteiger partial charge in [-0.2, -0.15) is 0 Å². The average Bonchev–Trinajstić information content (AvgIpc) is 2.80. The third kappa shape index (κ3) is 3.67. The number of hydrogen-bond acceptors (Lipinski definition) is 3. The number of nitrogens with zero attached hydrogens (tertiary/aromatic N) is 1. The fourth-order valence-corrected chi connectivity index (χ4v) is 3.30. The Morgan fingerprint density at radius 3 is 2.76 bits per heavy atom. The van der Waals surface area contributed by atoms with Crippen LogP contribution in [0.15, 0.2) is 16.5 Å². The number of carbonyl (C=O) groups is 1. The van der Waals surface area contributed by atoms with Crippen LogP contribution in [0.2, 0.25) is 0 Å². The van der Waals surface area contributed by atoms with Crippen molar-refractivity contribution in [2.45, 2.75) is 71.5 Å². The summed E-state index contributed by atoms with van der Waals surface area (Å²) in [5.74, 6) is 2.28. The van der Waals surface area contributed by atoms with E-state index in [0.29, 0.717) is 12.5 Å². The Morgan fingerprint density at radius 1 is 1.52 bits per heavy atom. The van der Waals surface area contributed by atoms with Crippen LogP contribution in [0.25, 0.3) is 0 Å². The standard InChI is InChI=1S/C17H28N2O2/c1-12(2)19(11-15-8-7-14(4)21-15)16(20)17(18)9-5-6-13(3)10-17/h7-8,12-13H,5-6,9-11,18H2,1-4H3. The van der Waals surface area contributed by atoms with E-state index in [0.717, 1.165) is 30.8 Å². The molecule has 0 saturated heterocycles. The molecule has 1 heterocycles. The summed E-state index contributed by atoms with van der Waals surface area (Å²) in [6.07, 6.45) is 3.78. The number of amides is 1. The van der Waals surface area contributed by atoms with Crippen LogP contribution in [-0.4, -0.2) is 22.4 Å². The Morgan fingerprint density at radius 2 is 2.24 bits per heavy atom. The van der Waals surface area contributed by atoms with Gasteiger partial charge >= 0.3 is 0 Å². The molecule has 2 rings (SSSR count). The van der Waals surface area contributed by atoms with E-state index >= 15 is 0 Å². The van der Waals surface area contributed by atoms with E-state index in [-0.39, 0.29) is 11.9 Å². The molecule has 4 nitrogen and oxygen atoms in total. The summed E-state index contributed by atoms with van der Waals surface area (Å²) in [5, 5.41) is 0. The molecule has 2 N–H and O–H groups in total. The van der Waals surface area contributed by atoms with Crippen molar-refractivity contribution < 1.29 is 9.21 Å². The van der Waals surface area contributed by atoms with Crippen LogP contribution in [0.4, 0.5) is 0 Å². The summed E-state index contributed by atoms with van der Waals surface area (Å²) >= 11 is 0. The first-order valence-electron chi connectivity index (χ1n) is 7.97. The summed E-state index contributed by atoms with van der Waals surface area (Å²) in [4.78, 5) is 14.8. The molecule has 0 bridgehead atoms. The Balaban J connectivity index is 2.15. The average molecular weight is 292 g/mol. The predicted molar refractivity (Wildman–Crippen MR) is 83.7 cm³/mol. The van der Waals surface area contributed by atoms with Crippen molar-refractivity contribution in [3.05, 3.63) is 23.7 Å². The summed E-state index contributed by atoms with van der Waals surface area (Å²) in [5.41, 5.74) is 5.76. The third-order valence-electron chi connectivity index (χ3n) is 4.46. The van der Waals surface area contributed by atoms with E-state index in [1.807, 2.05) is 37.8 Å². The van der Waals surface area contributed by atoms with Gasteiger partial charge in [0, 0.05) is 6.04 Å². The minimum absolute atomic E-state index is 0.0677. The lowest BCUT2D eigenvalue weighted by Crippen LogP contribution is -2.58. The van der Waals surface area contributed by atoms with Gasteiger partial charge in [0.1, 0.15) is 11.5 Å². The highest BCUT2D eigenvalue weighted by Gasteiger charge is 2.41. The zero-order valence-corrected chi connectivity index (χ0v) is 13.7. The van der Waals surface area contributed by atoms with Gasteiger partial charge in [-0.15, -0.1) is 0 Å². The fourth-order valence-electron chi connectivity index (χ4n) is 3.30. The largest absolute Gasteiger partial charge is 0.464 e. The minimum atomic E-state index is -0.705. The lowest BCUT2D eigenvalue weighted by Gasteiger charge is -2.40. The maximum Gasteiger partial charge on any atom is 0.243 e. The molecule has 1 aliphatic carbocycles. The van der Waals surface area contributed by atoms with Crippen molar-refractivity contribution in [3.8, 4) is 0 Å². The topological polar surface area (TPSA) is 59.5 Å². The molecule has 118 valence electrons. The molecule has 21 heavy (non-hydrogen) atoms.